The van der Waals surface area contributed by atoms with Crippen molar-refractivity contribution in [3.05, 3.63) is 66.0 Å². The van der Waals surface area contributed by atoms with E-state index in [0.717, 1.165) is 38.9 Å². The van der Waals surface area contributed by atoms with Crippen molar-refractivity contribution in [2.24, 2.45) is 0 Å². The smallest absolute Gasteiger partial charge is 0.0942 e. The van der Waals surface area contributed by atoms with Crippen LogP contribution in [0.25, 0.3) is 0 Å². The van der Waals surface area contributed by atoms with Crippen LogP contribution in [0, 0.1) is 0 Å². The molecular weight excluding hydrogens is 280 g/mol. The highest BCUT2D eigenvalue weighted by atomic mass is 15.3. The topological polar surface area (TPSA) is 6.48 Å². The molecule has 0 saturated carbocycles. The van der Waals surface area contributed by atoms with Gasteiger partial charge in [-0.05, 0) is 36.8 Å². The van der Waals surface area contributed by atoms with E-state index in [4.69, 9.17) is 0 Å². The van der Waals surface area contributed by atoms with Gasteiger partial charge < -0.3 is 9.80 Å². The second kappa shape index (κ2) is 9.24. The number of aryl methyl sites for hydroxylation is 2. The molecular formula is C21H30N2. The van der Waals surface area contributed by atoms with Crippen LogP contribution in [0.15, 0.2) is 54.9 Å². The normalized spacial score (nSPS) is 14.7. The number of hydrogen-bond donors (Lipinski definition) is 0. The zero-order chi connectivity index (χ0) is 16.5. The fourth-order valence-electron chi connectivity index (χ4n) is 2.97. The molecule has 0 radical (unpaired) electrons. The molecule has 23 heavy (non-hydrogen) atoms. The summed E-state index contributed by atoms with van der Waals surface area (Å²) in [5, 5.41) is 0. The Morgan fingerprint density at radius 2 is 1.65 bits per heavy atom. The maximum absolute atomic E-state index is 2.40. The van der Waals surface area contributed by atoms with Crippen molar-refractivity contribution < 1.29 is 0 Å². The highest BCUT2D eigenvalue weighted by molar-refractivity contribution is 5.62. The minimum atomic E-state index is 0.961. The Morgan fingerprint density at radius 3 is 2.30 bits per heavy atom. The zero-order valence-corrected chi connectivity index (χ0v) is 14.8. The van der Waals surface area contributed by atoms with Crippen molar-refractivity contribution in [3.8, 4) is 0 Å². The second-order valence-electron chi connectivity index (χ2n) is 5.91. The molecule has 0 unspecified atom stereocenters. The zero-order valence-electron chi connectivity index (χ0n) is 14.8. The van der Waals surface area contributed by atoms with Gasteiger partial charge in [0.1, 0.15) is 0 Å². The molecule has 0 amide bonds. The average Bonchev–Trinajstić information content (AvgIpc) is 3.05. The molecule has 1 aliphatic rings. The highest BCUT2D eigenvalue weighted by Crippen LogP contribution is 2.29. The van der Waals surface area contributed by atoms with Gasteiger partial charge in [0.25, 0.3) is 0 Å². The van der Waals surface area contributed by atoms with E-state index in [1.54, 1.807) is 0 Å². The van der Waals surface area contributed by atoms with E-state index in [1.807, 2.05) is 0 Å². The van der Waals surface area contributed by atoms with Gasteiger partial charge >= 0.3 is 0 Å². The quantitative estimate of drug-likeness (QED) is 0.603. The maximum atomic E-state index is 2.40. The van der Waals surface area contributed by atoms with Crippen molar-refractivity contribution >= 4 is 5.69 Å². The van der Waals surface area contributed by atoms with E-state index >= 15 is 0 Å². The number of benzene rings is 1. The van der Waals surface area contributed by atoms with Crippen LogP contribution in [0.3, 0.4) is 0 Å². The molecule has 1 aliphatic heterocycles. The van der Waals surface area contributed by atoms with Gasteiger partial charge in [0, 0.05) is 24.6 Å². The number of nitrogens with zero attached hydrogens (tertiary/aromatic N) is 2. The van der Waals surface area contributed by atoms with Crippen molar-refractivity contribution in [2.75, 3.05) is 18.1 Å². The van der Waals surface area contributed by atoms with E-state index in [9.17, 15) is 0 Å². The lowest BCUT2D eigenvalue weighted by Crippen LogP contribution is -2.27. The van der Waals surface area contributed by atoms with Gasteiger partial charge in [-0.3, -0.25) is 0 Å². The van der Waals surface area contributed by atoms with Crippen molar-refractivity contribution in [1.82, 2.24) is 4.90 Å². The minimum absolute atomic E-state index is 0.961. The fourth-order valence-corrected chi connectivity index (χ4v) is 2.97. The lowest BCUT2D eigenvalue weighted by molar-refractivity contribution is 0.414. The summed E-state index contributed by atoms with van der Waals surface area (Å²) in [6, 6.07) is 6.70. The monoisotopic (exact) mass is 310 g/mol. The minimum Gasteiger partial charge on any atom is -0.358 e. The molecule has 1 aromatic rings. The lowest BCUT2D eigenvalue weighted by atomic mass is 10.0. The largest absolute Gasteiger partial charge is 0.358 e. The summed E-state index contributed by atoms with van der Waals surface area (Å²) in [7, 11) is 0. The van der Waals surface area contributed by atoms with Crippen LogP contribution in [-0.4, -0.2) is 18.1 Å². The Hall–Kier alpha value is -1.96. The van der Waals surface area contributed by atoms with Gasteiger partial charge in [0.15, 0.2) is 0 Å². The SMILES string of the molecule is CC/C=C/C=C\CCN1C=CN(c2c(CC)cccc2CC)C1. The molecule has 0 aliphatic carbocycles. The molecule has 0 aromatic heterocycles. The summed E-state index contributed by atoms with van der Waals surface area (Å²) in [6.45, 7) is 8.67. The maximum Gasteiger partial charge on any atom is 0.0942 e. The molecule has 0 N–H and O–H groups in total. The summed E-state index contributed by atoms with van der Waals surface area (Å²) in [6.07, 6.45) is 17.5. The molecule has 0 fully saturated rings. The molecule has 1 heterocycles. The molecule has 0 saturated heterocycles. The van der Waals surface area contributed by atoms with Gasteiger partial charge in [-0.15, -0.1) is 0 Å². The number of rotatable bonds is 8. The fraction of sp³-hybridized carbons (Fsp3) is 0.429. The van der Waals surface area contributed by atoms with Gasteiger partial charge in [0.05, 0.1) is 6.67 Å². The molecule has 124 valence electrons. The molecule has 0 atom stereocenters. The molecule has 0 spiro atoms. The van der Waals surface area contributed by atoms with Crippen LogP contribution in [-0.2, 0) is 12.8 Å². The Bertz CT molecular complexity index is 547. The lowest BCUT2D eigenvalue weighted by Gasteiger charge is -2.25. The Balaban J connectivity index is 1.95. The Labute approximate surface area is 141 Å². The van der Waals surface area contributed by atoms with Crippen LogP contribution in [0.1, 0.15) is 44.7 Å². The van der Waals surface area contributed by atoms with Crippen LogP contribution in [0.4, 0.5) is 5.69 Å². The third kappa shape index (κ3) is 4.75. The van der Waals surface area contributed by atoms with E-state index < -0.39 is 0 Å². The van der Waals surface area contributed by atoms with E-state index in [0.29, 0.717) is 0 Å². The van der Waals surface area contributed by atoms with E-state index in [2.05, 4.69) is 85.5 Å². The summed E-state index contributed by atoms with van der Waals surface area (Å²) >= 11 is 0. The summed E-state index contributed by atoms with van der Waals surface area (Å²) in [5.41, 5.74) is 4.30. The Kier molecular flexibility index (Phi) is 6.99. The summed E-state index contributed by atoms with van der Waals surface area (Å²) < 4.78 is 0. The van der Waals surface area contributed by atoms with Crippen molar-refractivity contribution in [1.29, 1.82) is 0 Å². The number of hydrogen-bond acceptors (Lipinski definition) is 2. The predicted molar refractivity (Wildman–Crippen MR) is 102 cm³/mol. The van der Waals surface area contributed by atoms with Crippen LogP contribution in [0.5, 0.6) is 0 Å². The number of allylic oxidation sites excluding steroid dienone is 3. The Morgan fingerprint density at radius 1 is 0.957 bits per heavy atom. The molecule has 1 aromatic carbocycles. The molecule has 2 nitrogen and oxygen atoms in total. The van der Waals surface area contributed by atoms with Gasteiger partial charge in [0.2, 0.25) is 0 Å². The molecule has 0 bridgehead atoms. The van der Waals surface area contributed by atoms with Gasteiger partial charge in [-0.1, -0.05) is 63.3 Å². The molecule has 2 rings (SSSR count). The third-order valence-corrected chi connectivity index (χ3v) is 4.25. The number of para-hydroxylation sites is 1. The van der Waals surface area contributed by atoms with Crippen LogP contribution < -0.4 is 4.90 Å². The third-order valence-electron chi connectivity index (χ3n) is 4.25. The van der Waals surface area contributed by atoms with E-state index in [1.165, 1.54) is 16.8 Å². The first-order chi connectivity index (χ1) is 11.3. The van der Waals surface area contributed by atoms with Gasteiger partial charge in [-0.25, -0.2) is 0 Å². The van der Waals surface area contributed by atoms with Crippen LogP contribution in [0.2, 0.25) is 0 Å². The van der Waals surface area contributed by atoms with E-state index in [-0.39, 0.29) is 0 Å². The van der Waals surface area contributed by atoms with Crippen molar-refractivity contribution in [2.45, 2.75) is 46.5 Å². The van der Waals surface area contributed by atoms with Gasteiger partial charge in [-0.2, -0.15) is 0 Å². The predicted octanol–water partition coefficient (Wildman–Crippen LogP) is 5.27. The summed E-state index contributed by atoms with van der Waals surface area (Å²) in [5.74, 6) is 0. The van der Waals surface area contributed by atoms with Crippen LogP contribution >= 0.6 is 0 Å². The second-order valence-corrected chi connectivity index (χ2v) is 5.91. The summed E-state index contributed by atoms with van der Waals surface area (Å²) in [4.78, 5) is 4.79. The average molecular weight is 310 g/mol. The first-order valence-electron chi connectivity index (χ1n) is 8.91. The first kappa shape index (κ1) is 17.4. The first-order valence-corrected chi connectivity index (χ1v) is 8.91. The van der Waals surface area contributed by atoms with Crippen molar-refractivity contribution in [3.63, 3.8) is 0 Å². The number of anilines is 1. The highest BCUT2D eigenvalue weighted by Gasteiger charge is 2.18. The standard InChI is InChI=1S/C21H30N2/c1-4-7-8-9-10-11-15-22-16-17-23(18-22)21-19(5-2)13-12-14-20(21)6-3/h7-10,12-14,16-17H,4-6,11,15,18H2,1-3H3/b8-7+,10-9-. The molecule has 2 heteroatoms.